The van der Waals surface area contributed by atoms with Crippen LogP contribution in [0.4, 0.5) is 4.39 Å². The van der Waals surface area contributed by atoms with Crippen LogP contribution in [0.15, 0.2) is 37.1 Å². The molecule has 188 valence electrons. The van der Waals surface area contributed by atoms with Crippen molar-refractivity contribution in [3.05, 3.63) is 76.9 Å². The highest BCUT2D eigenvalue weighted by molar-refractivity contribution is 5.13. The Morgan fingerprint density at radius 1 is 0.588 bits per heavy atom. The van der Waals surface area contributed by atoms with Gasteiger partial charge in [0.1, 0.15) is 17.5 Å². The number of halogens is 1. The van der Waals surface area contributed by atoms with Crippen LogP contribution in [0, 0.1) is 59.2 Å². The third-order valence-corrected chi connectivity index (χ3v) is 5.29. The van der Waals surface area contributed by atoms with Gasteiger partial charge in [-0.2, -0.15) is 0 Å². The Kier molecular flexibility index (Phi) is 15.4. The third-order valence-electron chi connectivity index (χ3n) is 5.29. The number of aromatic nitrogens is 5. The van der Waals surface area contributed by atoms with Crippen molar-refractivity contribution < 1.29 is 4.39 Å². The second kappa shape index (κ2) is 16.8. The molecule has 1 aliphatic rings. The van der Waals surface area contributed by atoms with E-state index in [0.29, 0.717) is 5.69 Å². The van der Waals surface area contributed by atoms with E-state index in [1.165, 1.54) is 31.7 Å². The number of pyridine rings is 1. The molecule has 5 nitrogen and oxygen atoms in total. The third kappa shape index (κ3) is 14.4. The van der Waals surface area contributed by atoms with Crippen molar-refractivity contribution in [3.8, 4) is 0 Å². The van der Waals surface area contributed by atoms with E-state index in [-0.39, 0.29) is 13.2 Å². The van der Waals surface area contributed by atoms with Gasteiger partial charge in [-0.3, -0.25) is 4.98 Å². The Bertz CT molecular complexity index is 823. The smallest absolute Gasteiger partial charge is 0.144 e. The first kappa shape index (κ1) is 31.2. The average Bonchev–Trinajstić information content (AvgIpc) is 2.79. The summed E-state index contributed by atoms with van der Waals surface area (Å²) in [5, 5.41) is 0. The Hall–Kier alpha value is -2.76. The Morgan fingerprint density at radius 2 is 0.912 bits per heavy atom. The fourth-order valence-electron chi connectivity index (χ4n) is 2.94. The predicted octanol–water partition coefficient (Wildman–Crippen LogP) is 7.49. The molecule has 3 heterocycles. The van der Waals surface area contributed by atoms with E-state index >= 15 is 0 Å². The van der Waals surface area contributed by atoms with Gasteiger partial charge in [0, 0.05) is 31.0 Å². The minimum Gasteiger partial charge on any atom is -0.258 e. The van der Waals surface area contributed by atoms with Gasteiger partial charge in [0.05, 0.1) is 5.69 Å². The van der Waals surface area contributed by atoms with Crippen LogP contribution in [-0.4, -0.2) is 24.9 Å². The van der Waals surface area contributed by atoms with E-state index in [0.717, 1.165) is 40.2 Å². The predicted molar refractivity (Wildman–Crippen MR) is 140 cm³/mol. The topological polar surface area (TPSA) is 64.5 Å². The van der Waals surface area contributed by atoms with Gasteiger partial charge < -0.3 is 0 Å². The molecule has 0 atom stereocenters. The normalized spacial score (nSPS) is 16.3. The molecular weight excluding hydrogens is 425 g/mol. The van der Waals surface area contributed by atoms with Gasteiger partial charge in [-0.25, -0.2) is 24.3 Å². The molecule has 0 bridgehead atoms. The Morgan fingerprint density at radius 3 is 1.18 bits per heavy atom. The molecule has 1 fully saturated rings. The standard InChI is InChI=1S/C8H16.C7H8FN.2C6H8N2.CH4/c1-7-3-5-8(2)6-4-7;1-5-3-7(8)6(2)9-4-5;2*1-5-3-7-6(2)8-4-5;/h7-8H,3-6H2,1-2H3;3-4H,1-2H3;2*3-4H,1-2H3;1H4. The van der Waals surface area contributed by atoms with Crippen molar-refractivity contribution in [1.29, 1.82) is 0 Å². The first-order valence-corrected chi connectivity index (χ1v) is 11.7. The van der Waals surface area contributed by atoms with Gasteiger partial charge in [-0.05, 0) is 76.1 Å². The highest BCUT2D eigenvalue weighted by Crippen LogP contribution is 2.27. The summed E-state index contributed by atoms with van der Waals surface area (Å²) in [6.07, 6.45) is 14.8. The minimum absolute atomic E-state index is 0. The molecule has 0 amide bonds. The second-order valence-electron chi connectivity index (χ2n) is 9.06. The fourth-order valence-corrected chi connectivity index (χ4v) is 2.94. The van der Waals surface area contributed by atoms with Crippen molar-refractivity contribution in [3.63, 3.8) is 0 Å². The summed E-state index contributed by atoms with van der Waals surface area (Å²) >= 11 is 0. The van der Waals surface area contributed by atoms with Crippen LogP contribution in [0.5, 0.6) is 0 Å². The second-order valence-corrected chi connectivity index (χ2v) is 9.06. The van der Waals surface area contributed by atoms with Crippen LogP contribution >= 0.6 is 0 Å². The van der Waals surface area contributed by atoms with Crippen molar-refractivity contribution in [2.75, 3.05) is 0 Å². The first-order valence-electron chi connectivity index (χ1n) is 11.7. The van der Waals surface area contributed by atoms with Gasteiger partial charge in [0.15, 0.2) is 0 Å². The number of hydrogen-bond donors (Lipinski definition) is 0. The maximum absolute atomic E-state index is 12.5. The monoisotopic (exact) mass is 469 g/mol. The van der Waals surface area contributed by atoms with Gasteiger partial charge in [-0.1, -0.05) is 47.0 Å². The van der Waals surface area contributed by atoms with E-state index in [2.05, 4.69) is 38.8 Å². The Labute approximate surface area is 206 Å². The molecule has 1 saturated carbocycles. The quantitative estimate of drug-likeness (QED) is 0.341. The molecule has 0 unspecified atom stereocenters. The largest absolute Gasteiger partial charge is 0.258 e. The van der Waals surface area contributed by atoms with Crippen LogP contribution in [-0.2, 0) is 0 Å². The zero-order valence-electron chi connectivity index (χ0n) is 21.6. The average molecular weight is 470 g/mol. The lowest BCUT2D eigenvalue weighted by Crippen LogP contribution is -2.08. The maximum Gasteiger partial charge on any atom is 0.144 e. The number of hydrogen-bond acceptors (Lipinski definition) is 5. The summed E-state index contributed by atoms with van der Waals surface area (Å²) < 4.78 is 12.5. The highest BCUT2D eigenvalue weighted by atomic mass is 19.1. The minimum atomic E-state index is -0.227. The molecule has 0 spiro atoms. The molecular formula is C28H44FN5. The van der Waals surface area contributed by atoms with E-state index in [1.54, 1.807) is 13.1 Å². The summed E-state index contributed by atoms with van der Waals surface area (Å²) in [6.45, 7) is 15.9. The molecule has 0 saturated heterocycles. The number of nitrogens with zero attached hydrogens (tertiary/aromatic N) is 5. The SMILES string of the molecule is C.CC1CCC(C)CC1.Cc1cnc(C)c(F)c1.Cc1cnc(C)nc1.Cc1cnc(C)nc1. The molecule has 4 rings (SSSR count). The van der Waals surface area contributed by atoms with Crippen LogP contribution in [0.1, 0.15) is 81.0 Å². The molecule has 0 aliphatic heterocycles. The zero-order valence-corrected chi connectivity index (χ0v) is 21.6. The number of rotatable bonds is 0. The van der Waals surface area contributed by atoms with E-state index in [4.69, 9.17) is 0 Å². The molecule has 0 aromatic carbocycles. The lowest BCUT2D eigenvalue weighted by Gasteiger charge is -2.22. The first-order chi connectivity index (χ1) is 15.6. The van der Waals surface area contributed by atoms with Crippen LogP contribution in [0.2, 0.25) is 0 Å². The van der Waals surface area contributed by atoms with E-state index in [1.807, 2.05) is 59.4 Å². The van der Waals surface area contributed by atoms with Gasteiger partial charge >= 0.3 is 0 Å². The molecule has 34 heavy (non-hydrogen) atoms. The lowest BCUT2D eigenvalue weighted by atomic mass is 9.84. The molecule has 6 heteroatoms. The Balaban J connectivity index is 0.000000423. The molecule has 1 aliphatic carbocycles. The molecule has 3 aromatic heterocycles. The van der Waals surface area contributed by atoms with Crippen LogP contribution in [0.3, 0.4) is 0 Å². The van der Waals surface area contributed by atoms with Crippen molar-refractivity contribution in [2.45, 2.75) is 88.5 Å². The summed E-state index contributed by atoms with van der Waals surface area (Å²) in [5.74, 6) is 3.47. The summed E-state index contributed by atoms with van der Waals surface area (Å²) in [7, 11) is 0. The summed E-state index contributed by atoms with van der Waals surface area (Å²) in [4.78, 5) is 19.7. The van der Waals surface area contributed by atoms with Gasteiger partial charge in [-0.15, -0.1) is 0 Å². The van der Waals surface area contributed by atoms with Crippen molar-refractivity contribution >= 4 is 0 Å². The number of aryl methyl sites for hydroxylation is 6. The summed E-state index contributed by atoms with van der Waals surface area (Å²) in [6, 6.07) is 1.47. The molecule has 3 aromatic rings. The zero-order chi connectivity index (χ0) is 24.8. The summed E-state index contributed by atoms with van der Waals surface area (Å²) in [5.41, 5.74) is 3.53. The van der Waals surface area contributed by atoms with Crippen molar-refractivity contribution in [2.24, 2.45) is 11.8 Å². The fraction of sp³-hybridized carbons (Fsp3) is 0.536. The maximum atomic E-state index is 12.5. The molecule has 0 N–H and O–H groups in total. The van der Waals surface area contributed by atoms with Gasteiger partial charge in [0.25, 0.3) is 0 Å². The van der Waals surface area contributed by atoms with Crippen LogP contribution in [0.25, 0.3) is 0 Å². The van der Waals surface area contributed by atoms with Crippen molar-refractivity contribution in [1.82, 2.24) is 24.9 Å². The van der Waals surface area contributed by atoms with E-state index < -0.39 is 0 Å². The van der Waals surface area contributed by atoms with Crippen LogP contribution < -0.4 is 0 Å². The van der Waals surface area contributed by atoms with Gasteiger partial charge in [0.2, 0.25) is 0 Å². The van der Waals surface area contributed by atoms with E-state index in [9.17, 15) is 4.39 Å². The lowest BCUT2D eigenvalue weighted by molar-refractivity contribution is 0.308. The highest BCUT2D eigenvalue weighted by Gasteiger charge is 2.13. The molecule has 0 radical (unpaired) electrons.